The van der Waals surface area contributed by atoms with Gasteiger partial charge in [0, 0.05) is 29.9 Å². The Labute approximate surface area is 199 Å². The molecule has 0 aliphatic carbocycles. The summed E-state index contributed by atoms with van der Waals surface area (Å²) in [7, 11) is 1.65. The van der Waals surface area contributed by atoms with Gasteiger partial charge in [0.25, 0.3) is 5.91 Å². The van der Waals surface area contributed by atoms with E-state index < -0.39 is 0 Å². The molecular formula is C26H30N6O2. The first-order valence-electron chi connectivity index (χ1n) is 11.5. The number of pyridine rings is 1. The summed E-state index contributed by atoms with van der Waals surface area (Å²) in [6, 6.07) is 21.0. The van der Waals surface area contributed by atoms with Gasteiger partial charge in [-0.2, -0.15) is 4.98 Å². The van der Waals surface area contributed by atoms with E-state index >= 15 is 0 Å². The van der Waals surface area contributed by atoms with Gasteiger partial charge in [0.2, 0.25) is 5.95 Å². The molecule has 2 aromatic heterocycles. The number of nitrogens with zero attached hydrogens (tertiary/aromatic N) is 4. The molecule has 0 atom stereocenters. The van der Waals surface area contributed by atoms with Crippen LogP contribution in [0.5, 0.6) is 5.75 Å². The Morgan fingerprint density at radius 2 is 1.79 bits per heavy atom. The second-order valence-corrected chi connectivity index (χ2v) is 7.83. The van der Waals surface area contributed by atoms with E-state index in [1.165, 1.54) is 0 Å². The first-order valence-corrected chi connectivity index (χ1v) is 11.5. The smallest absolute Gasteiger partial charge is 0.251 e. The number of ether oxygens (including phenoxy) is 1. The molecule has 0 saturated heterocycles. The van der Waals surface area contributed by atoms with Gasteiger partial charge < -0.3 is 20.3 Å². The Hall–Kier alpha value is -3.91. The SMILES string of the molecule is CCN(CC)CCNC(=O)c1cccc(Nc2nc3cccc(-c4ccc(OC)cc4)n3n2)c1. The number of likely N-dealkylation sites (N-methyl/N-ethyl adjacent to an activating group) is 1. The second-order valence-electron chi connectivity index (χ2n) is 7.83. The van der Waals surface area contributed by atoms with Crippen LogP contribution in [0.4, 0.5) is 11.6 Å². The van der Waals surface area contributed by atoms with Crippen LogP contribution in [0.15, 0.2) is 66.7 Å². The molecule has 0 unspecified atom stereocenters. The minimum absolute atomic E-state index is 0.0967. The molecule has 0 spiro atoms. The highest BCUT2D eigenvalue weighted by molar-refractivity contribution is 5.95. The van der Waals surface area contributed by atoms with Crippen LogP contribution in [0.1, 0.15) is 24.2 Å². The van der Waals surface area contributed by atoms with Crippen molar-refractivity contribution in [3.8, 4) is 17.0 Å². The number of hydrogen-bond acceptors (Lipinski definition) is 6. The van der Waals surface area contributed by atoms with Crippen LogP contribution >= 0.6 is 0 Å². The molecule has 2 N–H and O–H groups in total. The van der Waals surface area contributed by atoms with Gasteiger partial charge in [-0.25, -0.2) is 4.52 Å². The first kappa shape index (κ1) is 23.3. The Bertz CT molecular complexity index is 1250. The topological polar surface area (TPSA) is 83.8 Å². The minimum atomic E-state index is -0.0967. The van der Waals surface area contributed by atoms with E-state index in [2.05, 4.69) is 39.5 Å². The molecule has 8 nitrogen and oxygen atoms in total. The molecule has 8 heteroatoms. The van der Waals surface area contributed by atoms with Crippen LogP contribution in [-0.2, 0) is 0 Å². The molecule has 1 amide bonds. The van der Waals surface area contributed by atoms with Gasteiger partial charge in [-0.1, -0.05) is 26.0 Å². The zero-order chi connectivity index (χ0) is 23.9. The third-order valence-corrected chi connectivity index (χ3v) is 5.73. The quantitative estimate of drug-likeness (QED) is 0.370. The third kappa shape index (κ3) is 5.35. The fourth-order valence-electron chi connectivity index (χ4n) is 3.78. The van der Waals surface area contributed by atoms with Crippen LogP contribution in [-0.4, -0.2) is 58.7 Å². The number of methoxy groups -OCH3 is 1. The zero-order valence-corrected chi connectivity index (χ0v) is 19.8. The Balaban J connectivity index is 1.49. The van der Waals surface area contributed by atoms with Crippen LogP contribution in [0.2, 0.25) is 0 Å². The lowest BCUT2D eigenvalue weighted by molar-refractivity contribution is 0.0949. The lowest BCUT2D eigenvalue weighted by Gasteiger charge is -2.18. The number of nitrogens with one attached hydrogen (secondary N) is 2. The van der Waals surface area contributed by atoms with E-state index in [0.717, 1.165) is 48.0 Å². The summed E-state index contributed by atoms with van der Waals surface area (Å²) in [6.45, 7) is 7.62. The zero-order valence-electron chi connectivity index (χ0n) is 19.8. The highest BCUT2D eigenvalue weighted by atomic mass is 16.5. The van der Waals surface area contributed by atoms with Crippen molar-refractivity contribution in [1.29, 1.82) is 0 Å². The summed E-state index contributed by atoms with van der Waals surface area (Å²) in [4.78, 5) is 19.5. The summed E-state index contributed by atoms with van der Waals surface area (Å²) in [5.74, 6) is 1.16. The predicted molar refractivity (Wildman–Crippen MR) is 135 cm³/mol. The maximum Gasteiger partial charge on any atom is 0.251 e. The number of anilines is 2. The van der Waals surface area contributed by atoms with Crippen molar-refractivity contribution in [2.75, 3.05) is 38.6 Å². The highest BCUT2D eigenvalue weighted by Gasteiger charge is 2.11. The average molecular weight is 459 g/mol. The lowest BCUT2D eigenvalue weighted by atomic mass is 10.1. The van der Waals surface area contributed by atoms with E-state index in [1.807, 2.05) is 60.7 Å². The fourth-order valence-corrected chi connectivity index (χ4v) is 3.78. The third-order valence-electron chi connectivity index (χ3n) is 5.73. The molecule has 34 heavy (non-hydrogen) atoms. The molecule has 0 radical (unpaired) electrons. The molecule has 4 rings (SSSR count). The van der Waals surface area contributed by atoms with Crippen molar-refractivity contribution in [1.82, 2.24) is 24.8 Å². The number of rotatable bonds is 10. The number of amides is 1. The van der Waals surface area contributed by atoms with Gasteiger partial charge in [-0.05, 0) is 67.7 Å². The van der Waals surface area contributed by atoms with Gasteiger partial charge in [-0.15, -0.1) is 5.10 Å². The van der Waals surface area contributed by atoms with E-state index in [-0.39, 0.29) is 5.91 Å². The van der Waals surface area contributed by atoms with Crippen LogP contribution in [0.3, 0.4) is 0 Å². The molecule has 0 saturated carbocycles. The van der Waals surface area contributed by atoms with Gasteiger partial charge in [0.1, 0.15) is 5.75 Å². The fraction of sp³-hybridized carbons (Fsp3) is 0.269. The normalized spacial score (nSPS) is 11.1. The standard InChI is InChI=1S/C26H30N6O2/c1-4-31(5-2)17-16-27-25(33)20-8-6-9-21(18-20)28-26-29-24-11-7-10-23(32(24)30-26)19-12-14-22(34-3)15-13-19/h6-15,18H,4-5,16-17H2,1-3H3,(H,27,33)(H,28,30). The molecule has 0 aliphatic heterocycles. The molecule has 0 bridgehead atoms. The molecule has 2 aromatic carbocycles. The lowest BCUT2D eigenvalue weighted by Crippen LogP contribution is -2.34. The average Bonchev–Trinajstić information content (AvgIpc) is 3.29. The summed E-state index contributed by atoms with van der Waals surface area (Å²) < 4.78 is 7.06. The van der Waals surface area contributed by atoms with E-state index in [0.29, 0.717) is 18.1 Å². The maximum absolute atomic E-state index is 12.6. The van der Waals surface area contributed by atoms with Crippen molar-refractivity contribution >= 4 is 23.2 Å². The van der Waals surface area contributed by atoms with Crippen molar-refractivity contribution in [2.45, 2.75) is 13.8 Å². The maximum atomic E-state index is 12.6. The summed E-state index contributed by atoms with van der Waals surface area (Å²) in [6.07, 6.45) is 0. The Morgan fingerprint density at radius 3 is 2.53 bits per heavy atom. The van der Waals surface area contributed by atoms with Gasteiger partial charge in [0.15, 0.2) is 5.65 Å². The number of aromatic nitrogens is 3. The van der Waals surface area contributed by atoms with Crippen molar-refractivity contribution < 1.29 is 9.53 Å². The van der Waals surface area contributed by atoms with Crippen molar-refractivity contribution in [3.05, 3.63) is 72.3 Å². The number of carbonyl (C=O) groups is 1. The molecule has 0 fully saturated rings. The second kappa shape index (κ2) is 10.8. The monoisotopic (exact) mass is 458 g/mol. The molecular weight excluding hydrogens is 428 g/mol. The largest absolute Gasteiger partial charge is 0.497 e. The van der Waals surface area contributed by atoms with E-state index in [1.54, 1.807) is 17.7 Å². The van der Waals surface area contributed by atoms with Crippen LogP contribution in [0.25, 0.3) is 16.9 Å². The first-order chi connectivity index (χ1) is 16.6. The van der Waals surface area contributed by atoms with Crippen molar-refractivity contribution in [3.63, 3.8) is 0 Å². The minimum Gasteiger partial charge on any atom is -0.497 e. The number of carbonyl (C=O) groups excluding carboxylic acids is 1. The Kier molecular flexibility index (Phi) is 7.39. The number of benzene rings is 2. The van der Waals surface area contributed by atoms with Crippen LogP contribution < -0.4 is 15.4 Å². The molecule has 2 heterocycles. The van der Waals surface area contributed by atoms with Crippen molar-refractivity contribution in [2.24, 2.45) is 0 Å². The van der Waals surface area contributed by atoms with Gasteiger partial charge in [0.05, 0.1) is 12.8 Å². The van der Waals surface area contributed by atoms with E-state index in [9.17, 15) is 4.79 Å². The van der Waals surface area contributed by atoms with Crippen LogP contribution in [0, 0.1) is 0 Å². The van der Waals surface area contributed by atoms with Gasteiger partial charge in [-0.3, -0.25) is 4.79 Å². The molecule has 176 valence electrons. The van der Waals surface area contributed by atoms with Gasteiger partial charge >= 0.3 is 0 Å². The summed E-state index contributed by atoms with van der Waals surface area (Å²) in [5.41, 5.74) is 3.99. The number of hydrogen-bond donors (Lipinski definition) is 2. The molecule has 4 aromatic rings. The molecule has 0 aliphatic rings. The Morgan fingerprint density at radius 1 is 1.03 bits per heavy atom. The van der Waals surface area contributed by atoms with E-state index in [4.69, 9.17) is 4.74 Å². The summed E-state index contributed by atoms with van der Waals surface area (Å²) in [5, 5.41) is 10.9. The number of fused-ring (bicyclic) bond motifs is 1. The highest BCUT2D eigenvalue weighted by Crippen LogP contribution is 2.24. The predicted octanol–water partition coefficient (Wildman–Crippen LogP) is 4.22. The summed E-state index contributed by atoms with van der Waals surface area (Å²) >= 11 is 0.